The molecule has 1 amide bonds. The molecule has 9 nitrogen and oxygen atoms in total. The number of alkyl halides is 3. The van der Waals surface area contributed by atoms with Gasteiger partial charge in [0, 0.05) is 11.6 Å². The van der Waals surface area contributed by atoms with Crippen LogP contribution in [0.5, 0.6) is 5.75 Å². The Hall–Kier alpha value is -4.06. The summed E-state index contributed by atoms with van der Waals surface area (Å²) in [6, 6.07) is 11.1. The fourth-order valence-electron chi connectivity index (χ4n) is 5.57. The fraction of sp³-hybridized carbons (Fsp3) is 0.346. The van der Waals surface area contributed by atoms with E-state index in [-0.39, 0.29) is 24.3 Å². The number of fused-ring (bicyclic) bond motifs is 2. The van der Waals surface area contributed by atoms with Gasteiger partial charge in [0.15, 0.2) is 11.1 Å². The van der Waals surface area contributed by atoms with Crippen LogP contribution in [0.25, 0.3) is 16.7 Å². The van der Waals surface area contributed by atoms with E-state index >= 15 is 0 Å². The standard InChI is InChI=1S/C26H23F3N4O5/c1-37-15-8-5-9-16-20(15)31-23(38-16)18-19(13-10-14(11-13)25(35)36)30-22-17(12-6-3-2-4-7-12)21(26(27,28)29)32-33(22)24(18)34/h2-9,13-14,17,21-22,30,32H,10-11H2,1H3,(H,35,36). The fourth-order valence-corrected chi connectivity index (χ4v) is 5.57. The number of aliphatic carboxylic acids is 1. The number of carbonyl (C=O) groups is 2. The highest BCUT2D eigenvalue weighted by Gasteiger charge is 2.59. The first-order chi connectivity index (χ1) is 18.2. The molecule has 3 atom stereocenters. The number of methoxy groups -OCH3 is 1. The maximum Gasteiger partial charge on any atom is 0.406 e. The summed E-state index contributed by atoms with van der Waals surface area (Å²) in [5, 5.41) is 13.5. The third-order valence-electron chi connectivity index (χ3n) is 7.51. The summed E-state index contributed by atoms with van der Waals surface area (Å²) in [6.07, 6.45) is -5.26. The first-order valence-corrected chi connectivity index (χ1v) is 12.1. The summed E-state index contributed by atoms with van der Waals surface area (Å²) in [6.45, 7) is 0. The van der Waals surface area contributed by atoms with Gasteiger partial charge < -0.3 is 19.6 Å². The number of nitrogens with zero attached hydrogens (tertiary/aromatic N) is 2. The minimum Gasteiger partial charge on any atom is -0.494 e. The summed E-state index contributed by atoms with van der Waals surface area (Å²) in [5.41, 5.74) is 3.78. The van der Waals surface area contributed by atoms with Crippen LogP contribution < -0.4 is 15.5 Å². The lowest BCUT2D eigenvalue weighted by atomic mass is 9.71. The normalized spacial score (nSPS) is 27.2. The highest BCUT2D eigenvalue weighted by molar-refractivity contribution is 6.20. The molecule has 3 aliphatic rings. The highest BCUT2D eigenvalue weighted by atomic mass is 19.4. The lowest BCUT2D eigenvalue weighted by Gasteiger charge is -2.42. The molecule has 1 saturated heterocycles. The van der Waals surface area contributed by atoms with Crippen molar-refractivity contribution < 1.29 is 37.0 Å². The Morgan fingerprint density at radius 3 is 2.55 bits per heavy atom. The first-order valence-electron chi connectivity index (χ1n) is 12.1. The lowest BCUT2D eigenvalue weighted by Crippen LogP contribution is -2.56. The number of carboxylic acids is 1. The molecule has 0 spiro atoms. The van der Waals surface area contributed by atoms with Gasteiger partial charge >= 0.3 is 12.1 Å². The molecule has 1 saturated carbocycles. The minimum atomic E-state index is -4.66. The van der Waals surface area contributed by atoms with E-state index < -0.39 is 48.0 Å². The van der Waals surface area contributed by atoms with E-state index in [1.165, 1.54) is 7.11 Å². The molecule has 6 rings (SSSR count). The van der Waals surface area contributed by atoms with E-state index in [1.54, 1.807) is 48.5 Å². The Bertz CT molecular complexity index is 1450. The Balaban J connectivity index is 1.48. The molecular formula is C26H23F3N4O5. The maximum absolute atomic E-state index is 14.2. The van der Waals surface area contributed by atoms with Crippen molar-refractivity contribution in [1.29, 1.82) is 0 Å². The molecule has 2 fully saturated rings. The van der Waals surface area contributed by atoms with Crippen molar-refractivity contribution in [3.8, 4) is 5.75 Å². The molecule has 3 unspecified atom stereocenters. The van der Waals surface area contributed by atoms with Gasteiger partial charge in [0.1, 0.15) is 23.5 Å². The summed E-state index contributed by atoms with van der Waals surface area (Å²) in [4.78, 5) is 29.9. The zero-order chi connectivity index (χ0) is 26.8. The molecular weight excluding hydrogens is 505 g/mol. The zero-order valence-electron chi connectivity index (χ0n) is 20.0. The van der Waals surface area contributed by atoms with Crippen molar-refractivity contribution in [1.82, 2.24) is 20.7 Å². The van der Waals surface area contributed by atoms with Crippen LogP contribution in [0.3, 0.4) is 0 Å². The van der Waals surface area contributed by atoms with Gasteiger partial charge in [0.05, 0.1) is 18.9 Å². The minimum absolute atomic E-state index is 0.0320. The number of rotatable bonds is 5. The molecule has 3 heterocycles. The molecule has 1 aromatic heterocycles. The quantitative estimate of drug-likeness (QED) is 0.460. The number of benzene rings is 2. The lowest BCUT2D eigenvalue weighted by molar-refractivity contribution is -0.161. The van der Waals surface area contributed by atoms with Gasteiger partial charge in [-0.2, -0.15) is 13.2 Å². The van der Waals surface area contributed by atoms with E-state index in [2.05, 4.69) is 15.7 Å². The van der Waals surface area contributed by atoms with Gasteiger partial charge in [-0.05, 0) is 30.5 Å². The van der Waals surface area contributed by atoms with Gasteiger partial charge in [-0.25, -0.2) is 15.4 Å². The SMILES string of the molecule is COc1cccc2oc(C3=C(C4CC(C(=O)O)C4)NC4C(c5ccccc5)C(C(F)(F)F)NN4C3=O)nc12. The summed E-state index contributed by atoms with van der Waals surface area (Å²) < 4.78 is 53.9. The molecule has 198 valence electrons. The maximum atomic E-state index is 14.2. The molecule has 0 radical (unpaired) electrons. The molecule has 2 aromatic carbocycles. The predicted octanol–water partition coefficient (Wildman–Crippen LogP) is 3.65. The molecule has 38 heavy (non-hydrogen) atoms. The third kappa shape index (κ3) is 3.78. The van der Waals surface area contributed by atoms with Crippen LogP contribution in [0.15, 0.2) is 58.6 Å². The highest BCUT2D eigenvalue weighted by Crippen LogP contribution is 2.47. The number of halogens is 3. The van der Waals surface area contributed by atoms with Gasteiger partial charge in [-0.1, -0.05) is 36.4 Å². The van der Waals surface area contributed by atoms with Crippen LogP contribution in [-0.4, -0.2) is 52.5 Å². The molecule has 12 heteroatoms. The van der Waals surface area contributed by atoms with Crippen LogP contribution in [0.2, 0.25) is 0 Å². The number of hydrogen-bond donors (Lipinski definition) is 3. The second-order valence-electron chi connectivity index (χ2n) is 9.67. The number of oxazole rings is 1. The van der Waals surface area contributed by atoms with Crippen molar-refractivity contribution in [3.05, 3.63) is 65.7 Å². The number of amides is 1. The van der Waals surface area contributed by atoms with Crippen molar-refractivity contribution in [2.24, 2.45) is 11.8 Å². The second-order valence-corrected chi connectivity index (χ2v) is 9.67. The summed E-state index contributed by atoms with van der Waals surface area (Å²) in [7, 11) is 1.46. The van der Waals surface area contributed by atoms with Gasteiger partial charge in [0.25, 0.3) is 5.91 Å². The van der Waals surface area contributed by atoms with Crippen molar-refractivity contribution >= 4 is 28.5 Å². The number of allylic oxidation sites excluding steroid dienone is 1. The Labute approximate surface area is 214 Å². The smallest absolute Gasteiger partial charge is 0.406 e. The number of ether oxygens (including phenoxy) is 1. The number of carbonyl (C=O) groups excluding carboxylic acids is 1. The monoisotopic (exact) mass is 528 g/mol. The van der Waals surface area contributed by atoms with Gasteiger partial charge in [-0.3, -0.25) is 9.59 Å². The van der Waals surface area contributed by atoms with Gasteiger partial charge in [0.2, 0.25) is 5.89 Å². The number of carboxylic acid groups (broad SMARTS) is 1. The summed E-state index contributed by atoms with van der Waals surface area (Å²) >= 11 is 0. The first kappa shape index (κ1) is 24.3. The third-order valence-corrected chi connectivity index (χ3v) is 7.51. The topological polar surface area (TPSA) is 117 Å². The largest absolute Gasteiger partial charge is 0.494 e. The number of hydrazine groups is 1. The average molecular weight is 528 g/mol. The molecule has 3 N–H and O–H groups in total. The van der Waals surface area contributed by atoms with Crippen LogP contribution >= 0.6 is 0 Å². The van der Waals surface area contributed by atoms with E-state index in [9.17, 15) is 27.9 Å². The Morgan fingerprint density at radius 2 is 1.89 bits per heavy atom. The molecule has 3 aromatic rings. The molecule has 0 bridgehead atoms. The average Bonchev–Trinajstić information content (AvgIpc) is 3.45. The Morgan fingerprint density at radius 1 is 1.16 bits per heavy atom. The van der Waals surface area contributed by atoms with Crippen LogP contribution in [0, 0.1) is 11.8 Å². The Kier molecular flexibility index (Phi) is 5.60. The van der Waals surface area contributed by atoms with E-state index in [0.717, 1.165) is 5.01 Å². The van der Waals surface area contributed by atoms with Crippen molar-refractivity contribution in [2.45, 2.75) is 37.1 Å². The number of nitrogens with one attached hydrogen (secondary N) is 2. The van der Waals surface area contributed by atoms with Crippen LogP contribution in [0.1, 0.15) is 30.2 Å². The molecule has 2 aliphatic heterocycles. The number of hydrogen-bond acceptors (Lipinski definition) is 7. The van der Waals surface area contributed by atoms with Crippen LogP contribution in [0.4, 0.5) is 13.2 Å². The van der Waals surface area contributed by atoms with E-state index in [4.69, 9.17) is 9.15 Å². The zero-order valence-corrected chi connectivity index (χ0v) is 20.0. The molecule has 1 aliphatic carbocycles. The van der Waals surface area contributed by atoms with E-state index in [0.29, 0.717) is 28.1 Å². The van der Waals surface area contributed by atoms with Crippen molar-refractivity contribution in [2.75, 3.05) is 7.11 Å². The predicted molar refractivity (Wildman–Crippen MR) is 127 cm³/mol. The second kappa shape index (κ2) is 8.76. The van der Waals surface area contributed by atoms with Crippen molar-refractivity contribution in [3.63, 3.8) is 0 Å². The number of aromatic nitrogens is 1. The summed E-state index contributed by atoms with van der Waals surface area (Å²) in [5.74, 6) is -3.53. The van der Waals surface area contributed by atoms with E-state index in [1.807, 2.05) is 0 Å². The van der Waals surface area contributed by atoms with Crippen LogP contribution in [-0.2, 0) is 9.59 Å². The van der Waals surface area contributed by atoms with Gasteiger partial charge in [-0.15, -0.1) is 0 Å². The number of para-hydroxylation sites is 1.